The number of halogens is 1. The lowest BCUT2D eigenvalue weighted by molar-refractivity contribution is 0.570. The third-order valence-electron chi connectivity index (χ3n) is 10.6. The first-order chi connectivity index (χ1) is 22.4. The smallest absolute Gasteiger partial charge is 0.0469 e. The number of anilines is 1. The highest BCUT2D eigenvalue weighted by atomic mass is 35.5. The van der Waals surface area contributed by atoms with E-state index in [1.165, 1.54) is 60.8 Å². The number of benzene rings is 4. The highest BCUT2D eigenvalue weighted by molar-refractivity contribution is 6.32. The second-order valence-electron chi connectivity index (χ2n) is 15.0. The van der Waals surface area contributed by atoms with Gasteiger partial charge in [-0.05, 0) is 106 Å². The van der Waals surface area contributed by atoms with Gasteiger partial charge in [0.2, 0.25) is 0 Å². The van der Waals surface area contributed by atoms with Crippen LogP contribution in [0, 0.1) is 12.8 Å². The molecule has 0 saturated heterocycles. The van der Waals surface area contributed by atoms with E-state index < -0.39 is 0 Å². The first-order valence-electron chi connectivity index (χ1n) is 17.4. The van der Waals surface area contributed by atoms with Gasteiger partial charge in [-0.3, -0.25) is 0 Å². The summed E-state index contributed by atoms with van der Waals surface area (Å²) in [6, 6.07) is 26.6. The molecule has 0 N–H and O–H groups in total. The summed E-state index contributed by atoms with van der Waals surface area (Å²) in [6.07, 6.45) is 13.3. The highest BCUT2D eigenvalue weighted by Crippen LogP contribution is 2.51. The third-order valence-corrected chi connectivity index (χ3v) is 11.1. The van der Waals surface area contributed by atoms with Crippen molar-refractivity contribution in [3.8, 4) is 0 Å². The number of hydrogen-bond acceptors (Lipinski definition) is 1. The van der Waals surface area contributed by atoms with Crippen LogP contribution in [0.5, 0.6) is 0 Å². The molecule has 2 heteroatoms. The van der Waals surface area contributed by atoms with Crippen molar-refractivity contribution >= 4 is 38.8 Å². The van der Waals surface area contributed by atoms with Crippen LogP contribution < -0.4 is 4.90 Å². The molecule has 1 nitrogen and oxygen atoms in total. The topological polar surface area (TPSA) is 3.24 Å². The molecule has 0 radical (unpaired) electrons. The standard InChI is InChI=1S/C45H50ClN/c1-30(2)28-29-47-39-26-24-34-15-10-12-19-38(34)42(39)45(7,8)40(47)27-25-36-17-13-16-35(43(36)46)23-21-32(4)44(5,6)41-31(3)20-22-33-14-9-11-18-37(33)41/h9-12,14-15,18-27,30H,4,13,16-17,28-29H2,1-3,5-8H3/b23-21+,36-25+,40-27+. The van der Waals surface area contributed by atoms with Gasteiger partial charge in [0.25, 0.3) is 0 Å². The Morgan fingerprint density at radius 2 is 1.57 bits per heavy atom. The Morgan fingerprint density at radius 3 is 2.30 bits per heavy atom. The van der Waals surface area contributed by atoms with Gasteiger partial charge >= 0.3 is 0 Å². The minimum Gasteiger partial charge on any atom is -0.344 e. The zero-order valence-corrected chi connectivity index (χ0v) is 30.1. The van der Waals surface area contributed by atoms with Crippen LogP contribution >= 0.6 is 11.6 Å². The molecule has 0 fully saturated rings. The van der Waals surface area contributed by atoms with Gasteiger partial charge in [-0.25, -0.2) is 0 Å². The van der Waals surface area contributed by atoms with E-state index in [0.29, 0.717) is 5.92 Å². The lowest BCUT2D eigenvalue weighted by Crippen LogP contribution is -2.27. The van der Waals surface area contributed by atoms with Crippen molar-refractivity contribution in [1.82, 2.24) is 0 Å². The number of hydrogen-bond donors (Lipinski definition) is 0. The van der Waals surface area contributed by atoms with Gasteiger partial charge in [-0.1, -0.05) is 145 Å². The predicted molar refractivity (Wildman–Crippen MR) is 207 cm³/mol. The van der Waals surface area contributed by atoms with E-state index in [-0.39, 0.29) is 10.8 Å². The van der Waals surface area contributed by atoms with E-state index in [1.807, 2.05) is 0 Å². The molecule has 0 bridgehead atoms. The van der Waals surface area contributed by atoms with Crippen LogP contribution in [0.2, 0.25) is 0 Å². The lowest BCUT2D eigenvalue weighted by Gasteiger charge is -2.30. The summed E-state index contributed by atoms with van der Waals surface area (Å²) in [7, 11) is 0. The van der Waals surface area contributed by atoms with Gasteiger partial charge in [-0.15, -0.1) is 0 Å². The number of allylic oxidation sites excluding steroid dienone is 9. The molecule has 1 heterocycles. The molecule has 1 aliphatic heterocycles. The molecule has 47 heavy (non-hydrogen) atoms. The number of nitrogens with zero attached hydrogens (tertiary/aromatic N) is 1. The van der Waals surface area contributed by atoms with E-state index in [0.717, 1.165) is 42.8 Å². The van der Waals surface area contributed by atoms with Crippen LogP contribution in [0.3, 0.4) is 0 Å². The minimum absolute atomic E-state index is 0.124. The molecule has 4 aromatic carbocycles. The molecule has 1 aliphatic carbocycles. The normalized spacial score (nSPS) is 18.4. The Balaban J connectivity index is 1.33. The molecule has 242 valence electrons. The van der Waals surface area contributed by atoms with Gasteiger partial charge in [0.1, 0.15) is 0 Å². The zero-order valence-electron chi connectivity index (χ0n) is 29.4. The molecular formula is C45H50ClN. The Labute approximate surface area is 288 Å². The van der Waals surface area contributed by atoms with E-state index in [2.05, 4.69) is 157 Å². The third kappa shape index (κ3) is 6.16. The van der Waals surface area contributed by atoms with Crippen molar-refractivity contribution in [1.29, 1.82) is 0 Å². The van der Waals surface area contributed by atoms with Crippen LogP contribution in [0.4, 0.5) is 5.69 Å². The second-order valence-corrected chi connectivity index (χ2v) is 15.4. The molecule has 0 spiro atoms. The fourth-order valence-corrected chi connectivity index (χ4v) is 8.15. The van der Waals surface area contributed by atoms with Crippen LogP contribution in [0.1, 0.15) is 83.9 Å². The summed E-state index contributed by atoms with van der Waals surface area (Å²) in [4.78, 5) is 2.57. The van der Waals surface area contributed by atoms with Crippen LogP contribution in [-0.2, 0) is 10.8 Å². The van der Waals surface area contributed by atoms with E-state index in [1.54, 1.807) is 0 Å². The van der Waals surface area contributed by atoms with Crippen molar-refractivity contribution in [3.63, 3.8) is 0 Å². The van der Waals surface area contributed by atoms with Crippen molar-refractivity contribution in [2.24, 2.45) is 5.92 Å². The van der Waals surface area contributed by atoms with Crippen molar-refractivity contribution in [3.05, 3.63) is 148 Å². The van der Waals surface area contributed by atoms with Crippen LogP contribution in [0.25, 0.3) is 21.5 Å². The molecule has 0 atom stereocenters. The Morgan fingerprint density at radius 1 is 0.915 bits per heavy atom. The molecule has 0 amide bonds. The molecule has 0 unspecified atom stereocenters. The SMILES string of the molecule is C=C(/C=C/C1=C(Cl)C(=C/C=C2/N(CCC(C)C)c3ccc4ccccc4c3C2(C)C)/CCC1)C(C)(C)c1c(C)ccc2ccccc12. The van der Waals surface area contributed by atoms with Gasteiger partial charge < -0.3 is 4.90 Å². The maximum absolute atomic E-state index is 7.22. The summed E-state index contributed by atoms with van der Waals surface area (Å²) >= 11 is 7.22. The predicted octanol–water partition coefficient (Wildman–Crippen LogP) is 13.0. The van der Waals surface area contributed by atoms with Gasteiger partial charge in [0, 0.05) is 33.8 Å². The van der Waals surface area contributed by atoms with Crippen molar-refractivity contribution < 1.29 is 0 Å². The molecular weight excluding hydrogens is 590 g/mol. The average molecular weight is 640 g/mol. The Bertz CT molecular complexity index is 1980. The van der Waals surface area contributed by atoms with Crippen LogP contribution in [0.15, 0.2) is 131 Å². The molecule has 0 aromatic heterocycles. The van der Waals surface area contributed by atoms with Crippen LogP contribution in [-0.4, -0.2) is 6.54 Å². The number of rotatable bonds is 8. The quantitative estimate of drug-likeness (QED) is 0.173. The fourth-order valence-electron chi connectivity index (χ4n) is 7.83. The summed E-state index contributed by atoms with van der Waals surface area (Å²) in [5.74, 6) is 0.636. The zero-order chi connectivity index (χ0) is 33.5. The summed E-state index contributed by atoms with van der Waals surface area (Å²) in [6.45, 7) is 21.8. The first kappa shape index (κ1) is 33.1. The van der Waals surface area contributed by atoms with Gasteiger partial charge in [0.15, 0.2) is 0 Å². The van der Waals surface area contributed by atoms with Crippen molar-refractivity contribution in [2.75, 3.05) is 11.4 Å². The summed E-state index contributed by atoms with van der Waals surface area (Å²) in [5, 5.41) is 6.11. The number of aryl methyl sites for hydroxylation is 1. The maximum atomic E-state index is 7.22. The largest absolute Gasteiger partial charge is 0.344 e. The first-order valence-corrected chi connectivity index (χ1v) is 17.8. The van der Waals surface area contributed by atoms with E-state index in [4.69, 9.17) is 11.6 Å². The monoisotopic (exact) mass is 639 g/mol. The maximum Gasteiger partial charge on any atom is 0.0469 e. The molecule has 4 aromatic rings. The van der Waals surface area contributed by atoms with Crippen molar-refractivity contribution in [2.45, 2.75) is 85.0 Å². The highest BCUT2D eigenvalue weighted by Gasteiger charge is 2.41. The van der Waals surface area contributed by atoms with E-state index in [9.17, 15) is 0 Å². The number of fused-ring (bicyclic) bond motifs is 4. The summed E-state index contributed by atoms with van der Waals surface area (Å²) < 4.78 is 0. The fraction of sp³-hybridized carbons (Fsp3) is 0.333. The summed E-state index contributed by atoms with van der Waals surface area (Å²) in [5.41, 5.74) is 9.93. The Hall–Kier alpha value is -3.81. The van der Waals surface area contributed by atoms with Gasteiger partial charge in [-0.2, -0.15) is 0 Å². The molecule has 2 aliphatic rings. The lowest BCUT2D eigenvalue weighted by atomic mass is 9.74. The second kappa shape index (κ2) is 13.0. The van der Waals surface area contributed by atoms with Gasteiger partial charge in [0.05, 0.1) is 0 Å². The average Bonchev–Trinajstić information content (AvgIpc) is 3.27. The minimum atomic E-state index is -0.223. The van der Waals surface area contributed by atoms with E-state index >= 15 is 0 Å². The Kier molecular flexibility index (Phi) is 9.16. The molecule has 6 rings (SSSR count). The molecule has 0 saturated carbocycles.